The largest absolute Gasteiger partial charge is 0.496 e. The molecule has 2 aromatic rings. The van der Waals surface area contributed by atoms with Gasteiger partial charge in [0, 0.05) is 12.1 Å². The van der Waals surface area contributed by atoms with Crippen molar-refractivity contribution in [3.05, 3.63) is 31.8 Å². The van der Waals surface area contributed by atoms with Gasteiger partial charge in [-0.2, -0.15) is 0 Å². The number of hydrogen-bond donors (Lipinski definition) is 1. The molecule has 0 bridgehead atoms. The number of nitrogens with zero attached hydrogens (tertiary/aromatic N) is 1. The van der Waals surface area contributed by atoms with E-state index in [4.69, 9.17) is 14.2 Å². The fourth-order valence-electron chi connectivity index (χ4n) is 1.93. The van der Waals surface area contributed by atoms with Crippen molar-refractivity contribution in [2.75, 3.05) is 21.3 Å². The Balaban J connectivity index is 2.76. The third-order valence-corrected chi connectivity index (χ3v) is 4.25. The molecule has 1 heterocycles. The van der Waals surface area contributed by atoms with E-state index >= 15 is 0 Å². The van der Waals surface area contributed by atoms with Crippen molar-refractivity contribution in [2.45, 2.75) is 6.92 Å². The van der Waals surface area contributed by atoms with Gasteiger partial charge >= 0.3 is 0 Å². The molecule has 0 aliphatic heterocycles. The fraction of sp³-hybridized carbons (Fsp3) is 0.286. The maximum Gasteiger partial charge on any atom is 0.264 e. The van der Waals surface area contributed by atoms with Crippen molar-refractivity contribution in [3.8, 4) is 28.6 Å². The zero-order valence-corrected chi connectivity index (χ0v) is 14.3. The quantitative estimate of drug-likeness (QED) is 0.796. The van der Waals surface area contributed by atoms with Crippen molar-refractivity contribution in [1.82, 2.24) is 9.97 Å². The predicted molar refractivity (Wildman–Crippen MR) is 87.4 cm³/mol. The lowest BCUT2D eigenvalue weighted by molar-refractivity contribution is 0.377. The average Bonchev–Trinajstić information content (AvgIpc) is 2.50. The number of aromatic amines is 1. The Hall–Kier alpha value is -1.77. The fourth-order valence-corrected chi connectivity index (χ4v) is 2.18. The smallest absolute Gasteiger partial charge is 0.264 e. The number of rotatable bonds is 4. The lowest BCUT2D eigenvalue weighted by atomic mass is 10.1. The molecular weight excluding hydrogens is 387 g/mol. The van der Waals surface area contributed by atoms with Crippen LogP contribution in [-0.4, -0.2) is 31.3 Å². The standard InChI is InChI=1S/C14H15IN2O4/c1-7-12(15)14(18)17-13(16-7)11-9(20-3)5-8(19-2)6-10(11)21-4/h5-6H,1-4H3,(H,16,17,18). The maximum atomic E-state index is 11.9. The molecule has 2 rings (SSSR count). The average molecular weight is 402 g/mol. The van der Waals surface area contributed by atoms with E-state index < -0.39 is 0 Å². The molecule has 0 unspecified atom stereocenters. The molecule has 1 aromatic carbocycles. The molecule has 0 amide bonds. The van der Waals surface area contributed by atoms with Gasteiger partial charge in [-0.25, -0.2) is 4.98 Å². The number of H-pyrrole nitrogens is 1. The minimum absolute atomic E-state index is 0.196. The van der Waals surface area contributed by atoms with Gasteiger partial charge in [0.05, 0.1) is 30.6 Å². The molecule has 7 heteroatoms. The second kappa shape index (κ2) is 6.33. The Morgan fingerprint density at radius 1 is 1.10 bits per heavy atom. The molecule has 0 aliphatic rings. The molecule has 0 radical (unpaired) electrons. The van der Waals surface area contributed by atoms with Crippen LogP contribution >= 0.6 is 22.6 Å². The Kier molecular flexibility index (Phi) is 4.71. The number of hydrogen-bond acceptors (Lipinski definition) is 5. The number of aromatic nitrogens is 2. The van der Waals surface area contributed by atoms with Crippen LogP contribution in [-0.2, 0) is 0 Å². The molecule has 0 aliphatic carbocycles. The number of halogens is 1. The van der Waals surface area contributed by atoms with Crippen LogP contribution in [0.5, 0.6) is 17.2 Å². The SMILES string of the molecule is COc1cc(OC)c(-c2nc(C)c(I)c(=O)[nH]2)c(OC)c1. The first-order valence-electron chi connectivity index (χ1n) is 6.08. The molecule has 1 N–H and O–H groups in total. The first-order valence-corrected chi connectivity index (χ1v) is 7.16. The summed E-state index contributed by atoms with van der Waals surface area (Å²) in [6.07, 6.45) is 0. The molecule has 21 heavy (non-hydrogen) atoms. The Morgan fingerprint density at radius 2 is 1.67 bits per heavy atom. The van der Waals surface area contributed by atoms with E-state index in [1.807, 2.05) is 22.6 Å². The highest BCUT2D eigenvalue weighted by molar-refractivity contribution is 14.1. The van der Waals surface area contributed by atoms with Gasteiger partial charge in [0.25, 0.3) is 5.56 Å². The second-order valence-electron chi connectivity index (χ2n) is 4.22. The summed E-state index contributed by atoms with van der Waals surface area (Å²) in [4.78, 5) is 19.1. The molecule has 0 spiro atoms. The lowest BCUT2D eigenvalue weighted by Gasteiger charge is -2.14. The monoisotopic (exact) mass is 402 g/mol. The van der Waals surface area contributed by atoms with E-state index in [1.165, 1.54) is 14.2 Å². The number of methoxy groups -OCH3 is 3. The Bertz CT molecular complexity index is 702. The van der Waals surface area contributed by atoms with E-state index in [0.717, 1.165) is 0 Å². The van der Waals surface area contributed by atoms with Gasteiger partial charge in [0.1, 0.15) is 28.6 Å². The molecular formula is C14H15IN2O4. The highest BCUT2D eigenvalue weighted by atomic mass is 127. The Labute approximate surface area is 135 Å². The highest BCUT2D eigenvalue weighted by Crippen LogP contribution is 2.40. The highest BCUT2D eigenvalue weighted by Gasteiger charge is 2.18. The zero-order valence-electron chi connectivity index (χ0n) is 12.1. The lowest BCUT2D eigenvalue weighted by Crippen LogP contribution is -2.15. The van der Waals surface area contributed by atoms with Gasteiger partial charge in [-0.3, -0.25) is 4.79 Å². The van der Waals surface area contributed by atoms with Crippen molar-refractivity contribution >= 4 is 22.6 Å². The van der Waals surface area contributed by atoms with E-state index in [0.29, 0.717) is 37.9 Å². The van der Waals surface area contributed by atoms with E-state index in [2.05, 4.69) is 9.97 Å². The summed E-state index contributed by atoms with van der Waals surface area (Å²) >= 11 is 1.96. The summed E-state index contributed by atoms with van der Waals surface area (Å²) in [5, 5.41) is 0. The molecule has 0 atom stereocenters. The first kappa shape index (κ1) is 15.6. The predicted octanol–water partition coefficient (Wildman–Crippen LogP) is 2.38. The van der Waals surface area contributed by atoms with Crippen LogP contribution in [0, 0.1) is 10.5 Å². The molecule has 1 aromatic heterocycles. The zero-order chi connectivity index (χ0) is 15.6. The van der Waals surface area contributed by atoms with Gasteiger partial charge < -0.3 is 19.2 Å². The normalized spacial score (nSPS) is 10.3. The topological polar surface area (TPSA) is 73.4 Å². The van der Waals surface area contributed by atoms with Crippen molar-refractivity contribution in [2.24, 2.45) is 0 Å². The molecule has 0 saturated carbocycles. The first-order chi connectivity index (χ1) is 10.0. The summed E-state index contributed by atoms with van der Waals surface area (Å²) in [6, 6.07) is 3.43. The maximum absolute atomic E-state index is 11.9. The minimum Gasteiger partial charge on any atom is -0.496 e. The summed E-state index contributed by atoms with van der Waals surface area (Å²) in [5.74, 6) is 2.01. The van der Waals surface area contributed by atoms with Gasteiger partial charge in [-0.15, -0.1) is 0 Å². The van der Waals surface area contributed by atoms with Crippen LogP contribution in [0.25, 0.3) is 11.4 Å². The van der Waals surface area contributed by atoms with Crippen molar-refractivity contribution < 1.29 is 14.2 Å². The van der Waals surface area contributed by atoms with Gasteiger partial charge in [0.15, 0.2) is 0 Å². The van der Waals surface area contributed by atoms with E-state index in [1.54, 1.807) is 26.2 Å². The summed E-state index contributed by atoms with van der Waals surface area (Å²) in [6.45, 7) is 1.78. The van der Waals surface area contributed by atoms with Crippen LogP contribution < -0.4 is 19.8 Å². The summed E-state index contributed by atoms with van der Waals surface area (Å²) < 4.78 is 16.5. The number of aryl methyl sites for hydroxylation is 1. The summed E-state index contributed by atoms with van der Waals surface area (Å²) in [7, 11) is 4.63. The van der Waals surface area contributed by atoms with Crippen LogP contribution in [0.1, 0.15) is 5.69 Å². The Morgan fingerprint density at radius 3 is 2.10 bits per heavy atom. The van der Waals surface area contributed by atoms with Gasteiger partial charge in [-0.05, 0) is 29.5 Å². The van der Waals surface area contributed by atoms with Crippen LogP contribution in [0.15, 0.2) is 16.9 Å². The van der Waals surface area contributed by atoms with Crippen molar-refractivity contribution in [1.29, 1.82) is 0 Å². The summed E-state index contributed by atoms with van der Waals surface area (Å²) in [5.41, 5.74) is 1.03. The molecule has 0 saturated heterocycles. The van der Waals surface area contributed by atoms with Crippen molar-refractivity contribution in [3.63, 3.8) is 0 Å². The third-order valence-electron chi connectivity index (χ3n) is 2.98. The third kappa shape index (κ3) is 2.97. The van der Waals surface area contributed by atoms with Gasteiger partial charge in [0.2, 0.25) is 0 Å². The number of ether oxygens (including phenoxy) is 3. The van der Waals surface area contributed by atoms with Crippen LogP contribution in [0.3, 0.4) is 0 Å². The second-order valence-corrected chi connectivity index (χ2v) is 5.30. The number of benzene rings is 1. The van der Waals surface area contributed by atoms with Crippen LogP contribution in [0.2, 0.25) is 0 Å². The molecule has 112 valence electrons. The molecule has 0 fully saturated rings. The minimum atomic E-state index is -0.196. The van der Waals surface area contributed by atoms with Gasteiger partial charge in [-0.1, -0.05) is 0 Å². The number of nitrogens with one attached hydrogen (secondary N) is 1. The van der Waals surface area contributed by atoms with E-state index in [-0.39, 0.29) is 5.56 Å². The van der Waals surface area contributed by atoms with E-state index in [9.17, 15) is 4.79 Å². The van der Waals surface area contributed by atoms with Crippen LogP contribution in [0.4, 0.5) is 0 Å². The molecule has 6 nitrogen and oxygen atoms in total.